The number of phenolic OH excluding ortho intramolecular Hbond substituents is 2. The van der Waals surface area contributed by atoms with Crippen LogP contribution in [0.1, 0.15) is 5.56 Å². The normalized spacial score (nSPS) is 11.6. The summed E-state index contributed by atoms with van der Waals surface area (Å²) in [6, 6.07) is 7.30. The molecule has 0 bridgehead atoms. The van der Waals surface area contributed by atoms with Gasteiger partial charge in [-0.3, -0.25) is 0 Å². The monoisotopic (exact) mass is 228 g/mol. The minimum Gasteiger partial charge on any atom is -0.504 e. The topological polar surface area (TPSA) is 126 Å². The molecule has 0 saturated heterocycles. The van der Waals surface area contributed by atoms with Crippen molar-refractivity contribution < 1.29 is 10.2 Å². The molecule has 0 aliphatic heterocycles. The molecule has 0 saturated carbocycles. The number of phenols is 2. The van der Waals surface area contributed by atoms with Gasteiger partial charge in [-0.15, -0.1) is 0 Å². The van der Waals surface area contributed by atoms with Crippen molar-refractivity contribution in [3.63, 3.8) is 0 Å². The van der Waals surface area contributed by atoms with Gasteiger partial charge in [-0.25, -0.2) is 4.99 Å². The molecular weight excluding hydrogens is 220 g/mol. The van der Waals surface area contributed by atoms with Crippen molar-refractivity contribution in [2.45, 2.75) is 0 Å². The summed E-state index contributed by atoms with van der Waals surface area (Å²) in [7, 11) is 0. The third kappa shape index (κ3) is 2.98. The predicted octanol–water partition coefficient (Wildman–Crippen LogP) is 0.734. The zero-order valence-corrected chi connectivity index (χ0v) is 8.62. The number of aliphatic imine (C=N–C) groups is 1. The Balaban J connectivity index is 3.04. The summed E-state index contributed by atoms with van der Waals surface area (Å²) in [4.78, 5) is 3.71. The molecule has 0 aromatic heterocycles. The van der Waals surface area contributed by atoms with E-state index in [1.807, 2.05) is 0 Å². The third-order valence-electron chi connectivity index (χ3n) is 1.82. The Morgan fingerprint density at radius 2 is 1.94 bits per heavy atom. The Hall–Kier alpha value is -2.99. The van der Waals surface area contributed by atoms with E-state index in [0.29, 0.717) is 5.56 Å². The van der Waals surface area contributed by atoms with Crippen molar-refractivity contribution in [2.24, 2.45) is 10.7 Å². The smallest absolute Gasteiger partial charge is 0.174 e. The quantitative estimate of drug-likeness (QED) is 0.390. The summed E-state index contributed by atoms with van der Waals surface area (Å²) in [5.41, 5.74) is 5.20. The van der Waals surface area contributed by atoms with Crippen LogP contribution in [0.5, 0.6) is 11.5 Å². The van der Waals surface area contributed by atoms with E-state index in [9.17, 15) is 5.11 Å². The number of nitrogens with two attached hydrogens (primary N) is 1. The number of hydrogen-bond acceptors (Lipinski definition) is 6. The summed E-state index contributed by atoms with van der Waals surface area (Å²) < 4.78 is 0. The number of benzene rings is 1. The lowest BCUT2D eigenvalue weighted by Gasteiger charge is -1.97. The number of hydrogen-bond donors (Lipinski definition) is 3. The van der Waals surface area contributed by atoms with Crippen LogP contribution in [0.2, 0.25) is 0 Å². The Bertz CT molecular complexity index is 576. The predicted molar refractivity (Wildman–Crippen MR) is 59.8 cm³/mol. The molecule has 0 aliphatic rings. The minimum absolute atomic E-state index is 0.208. The lowest BCUT2D eigenvalue weighted by molar-refractivity contribution is 0.403. The van der Waals surface area contributed by atoms with Gasteiger partial charge in [0.1, 0.15) is 17.8 Å². The van der Waals surface area contributed by atoms with Crippen molar-refractivity contribution >= 4 is 6.21 Å². The van der Waals surface area contributed by atoms with Crippen LogP contribution in [-0.2, 0) is 0 Å². The highest BCUT2D eigenvalue weighted by atomic mass is 16.3. The van der Waals surface area contributed by atoms with Crippen molar-refractivity contribution in [3.8, 4) is 23.6 Å². The zero-order chi connectivity index (χ0) is 12.8. The Kier molecular flexibility index (Phi) is 3.69. The summed E-state index contributed by atoms with van der Waals surface area (Å²) in [6.45, 7) is 0. The Morgan fingerprint density at radius 3 is 2.47 bits per heavy atom. The summed E-state index contributed by atoms with van der Waals surface area (Å²) >= 11 is 0. The molecule has 0 fully saturated rings. The van der Waals surface area contributed by atoms with Crippen LogP contribution in [0.4, 0.5) is 0 Å². The highest BCUT2D eigenvalue weighted by molar-refractivity contribution is 5.82. The van der Waals surface area contributed by atoms with Crippen molar-refractivity contribution in [2.75, 3.05) is 0 Å². The third-order valence-corrected chi connectivity index (χ3v) is 1.82. The second-order valence-corrected chi connectivity index (χ2v) is 2.99. The van der Waals surface area contributed by atoms with Crippen molar-refractivity contribution in [1.29, 1.82) is 10.5 Å². The van der Waals surface area contributed by atoms with E-state index >= 15 is 0 Å². The highest BCUT2D eigenvalue weighted by Gasteiger charge is 2.01. The van der Waals surface area contributed by atoms with E-state index in [-0.39, 0.29) is 22.9 Å². The average Bonchev–Trinajstić information content (AvgIpc) is 2.33. The molecule has 1 aromatic carbocycles. The van der Waals surface area contributed by atoms with Crippen LogP contribution in [0.15, 0.2) is 34.6 Å². The molecule has 0 aliphatic carbocycles. The molecule has 0 heterocycles. The van der Waals surface area contributed by atoms with Gasteiger partial charge in [0.05, 0.1) is 0 Å². The molecule has 0 amide bonds. The van der Waals surface area contributed by atoms with Gasteiger partial charge in [-0.1, -0.05) is 0 Å². The van der Waals surface area contributed by atoms with Gasteiger partial charge < -0.3 is 15.9 Å². The van der Waals surface area contributed by atoms with Crippen LogP contribution in [0, 0.1) is 22.7 Å². The lowest BCUT2D eigenvalue weighted by atomic mass is 10.2. The van der Waals surface area contributed by atoms with E-state index in [1.54, 1.807) is 12.1 Å². The maximum atomic E-state index is 9.21. The molecule has 84 valence electrons. The van der Waals surface area contributed by atoms with Gasteiger partial charge >= 0.3 is 0 Å². The fraction of sp³-hybridized carbons (Fsp3) is 0. The van der Waals surface area contributed by atoms with E-state index in [4.69, 9.17) is 21.4 Å². The largest absolute Gasteiger partial charge is 0.504 e. The molecule has 1 aromatic rings. The van der Waals surface area contributed by atoms with Crippen molar-refractivity contribution in [1.82, 2.24) is 0 Å². The lowest BCUT2D eigenvalue weighted by Crippen LogP contribution is -1.97. The second kappa shape index (κ2) is 5.19. The van der Waals surface area contributed by atoms with Crippen LogP contribution in [0.3, 0.4) is 0 Å². The maximum Gasteiger partial charge on any atom is 0.174 e. The van der Waals surface area contributed by atoms with Crippen molar-refractivity contribution in [3.05, 3.63) is 35.2 Å². The first-order valence-electron chi connectivity index (χ1n) is 4.44. The average molecular weight is 228 g/mol. The van der Waals surface area contributed by atoms with E-state index in [0.717, 1.165) is 0 Å². The number of rotatable bonds is 2. The standard InChI is InChI=1S/C11H8N4O2/c12-4-8(14)9(5-13)15-6-7-1-2-10(16)11(17)3-7/h1-3,6,16-17H,14H2. The van der Waals surface area contributed by atoms with Gasteiger partial charge in [-0.2, -0.15) is 10.5 Å². The van der Waals surface area contributed by atoms with Gasteiger partial charge in [0.25, 0.3) is 0 Å². The van der Waals surface area contributed by atoms with Crippen LogP contribution in [-0.4, -0.2) is 16.4 Å². The van der Waals surface area contributed by atoms with E-state index in [1.165, 1.54) is 24.4 Å². The number of nitriles is 2. The first-order valence-corrected chi connectivity index (χ1v) is 4.44. The minimum atomic E-state index is -0.301. The highest BCUT2D eigenvalue weighted by Crippen LogP contribution is 2.24. The molecular formula is C11H8N4O2. The van der Waals surface area contributed by atoms with Gasteiger partial charge in [0.2, 0.25) is 0 Å². The Morgan fingerprint density at radius 1 is 1.24 bits per heavy atom. The fourth-order valence-corrected chi connectivity index (χ4v) is 0.971. The van der Waals surface area contributed by atoms with Gasteiger partial charge in [-0.05, 0) is 23.8 Å². The summed E-state index contributed by atoms with van der Waals surface area (Å²) in [6.07, 6.45) is 1.25. The molecule has 17 heavy (non-hydrogen) atoms. The second-order valence-electron chi connectivity index (χ2n) is 2.99. The molecule has 0 radical (unpaired) electrons. The molecule has 4 N–H and O–H groups in total. The molecule has 1 rings (SSSR count). The van der Waals surface area contributed by atoms with Crippen LogP contribution in [0.25, 0.3) is 0 Å². The first-order chi connectivity index (χ1) is 8.08. The van der Waals surface area contributed by atoms with Gasteiger partial charge in [0.15, 0.2) is 17.2 Å². The summed E-state index contributed by atoms with van der Waals surface area (Å²) in [5, 5.41) is 35.4. The van der Waals surface area contributed by atoms with Crippen LogP contribution >= 0.6 is 0 Å². The van der Waals surface area contributed by atoms with Crippen LogP contribution < -0.4 is 5.73 Å². The first kappa shape index (κ1) is 12.1. The van der Waals surface area contributed by atoms with E-state index < -0.39 is 0 Å². The number of allylic oxidation sites excluding steroid dienone is 2. The van der Waals surface area contributed by atoms with Gasteiger partial charge in [0, 0.05) is 6.21 Å². The summed E-state index contributed by atoms with van der Waals surface area (Å²) in [5.74, 6) is -0.556. The zero-order valence-electron chi connectivity index (χ0n) is 8.62. The number of aromatic hydroxyl groups is 2. The molecule has 0 unspecified atom stereocenters. The molecule has 0 atom stereocenters. The molecule has 0 spiro atoms. The SMILES string of the molecule is N#CC(N)=C(C#N)N=Cc1ccc(O)c(O)c1. The molecule has 6 heteroatoms. The van der Waals surface area contributed by atoms with E-state index in [2.05, 4.69) is 4.99 Å². The fourth-order valence-electron chi connectivity index (χ4n) is 0.971. The number of nitrogens with zero attached hydrogens (tertiary/aromatic N) is 3. The maximum absolute atomic E-state index is 9.21. The Labute approximate surface area is 97.2 Å². The molecule has 6 nitrogen and oxygen atoms in total.